The van der Waals surface area contributed by atoms with E-state index in [1.165, 1.54) is 20.0 Å². The Balaban J connectivity index is 2.05. The Morgan fingerprint density at radius 1 is 1.17 bits per heavy atom. The van der Waals surface area contributed by atoms with Gasteiger partial charge in [-0.15, -0.1) is 0 Å². The molecule has 5 nitrogen and oxygen atoms in total. The van der Waals surface area contributed by atoms with E-state index in [2.05, 4.69) is 5.32 Å². The van der Waals surface area contributed by atoms with Crippen LogP contribution in [0.2, 0.25) is 5.02 Å². The van der Waals surface area contributed by atoms with Gasteiger partial charge in [-0.1, -0.05) is 37.3 Å². The molecule has 0 spiro atoms. The second-order valence-corrected chi connectivity index (χ2v) is 6.54. The van der Waals surface area contributed by atoms with Gasteiger partial charge in [0, 0.05) is 23.3 Å². The summed E-state index contributed by atoms with van der Waals surface area (Å²) in [4.78, 5) is 26.0. The lowest BCUT2D eigenvalue weighted by Gasteiger charge is -2.31. The SMILES string of the molecule is COC(=O)CCN(C(=O)Nc1ccc(Cl)cc1)C1CCCCCC1. The van der Waals surface area contributed by atoms with Gasteiger partial charge in [-0.05, 0) is 37.1 Å². The van der Waals surface area contributed by atoms with Crippen molar-refractivity contribution in [3.8, 4) is 0 Å². The highest BCUT2D eigenvalue weighted by Crippen LogP contribution is 2.23. The van der Waals surface area contributed by atoms with Crippen LogP contribution in [0.4, 0.5) is 10.5 Å². The number of benzene rings is 1. The van der Waals surface area contributed by atoms with Crippen molar-refractivity contribution in [3.63, 3.8) is 0 Å². The standard InChI is InChI=1S/C18H25ClN2O3/c1-24-17(22)12-13-21(16-6-4-2-3-5-7-16)18(23)20-15-10-8-14(19)9-11-15/h8-11,16H,2-7,12-13H2,1H3,(H,20,23). The van der Waals surface area contributed by atoms with Crippen LogP contribution in [-0.2, 0) is 9.53 Å². The summed E-state index contributed by atoms with van der Waals surface area (Å²) in [5.41, 5.74) is 0.695. The van der Waals surface area contributed by atoms with Crippen molar-refractivity contribution in [2.45, 2.75) is 51.0 Å². The van der Waals surface area contributed by atoms with Crippen LogP contribution in [0.15, 0.2) is 24.3 Å². The molecular weight excluding hydrogens is 328 g/mol. The predicted octanol–water partition coefficient (Wildman–Crippen LogP) is 4.46. The van der Waals surface area contributed by atoms with Gasteiger partial charge in [0.15, 0.2) is 0 Å². The molecule has 1 aliphatic rings. The summed E-state index contributed by atoms with van der Waals surface area (Å²) in [6.45, 7) is 0.372. The Kier molecular flexibility index (Phi) is 7.37. The molecule has 0 radical (unpaired) electrons. The number of urea groups is 1. The molecule has 1 fully saturated rings. The molecule has 1 N–H and O–H groups in total. The van der Waals surface area contributed by atoms with Crippen LogP contribution in [0, 0.1) is 0 Å². The van der Waals surface area contributed by atoms with Gasteiger partial charge in [0.1, 0.15) is 0 Å². The third kappa shape index (κ3) is 5.71. The van der Waals surface area contributed by atoms with Gasteiger partial charge in [0.2, 0.25) is 0 Å². The zero-order chi connectivity index (χ0) is 17.4. The summed E-state index contributed by atoms with van der Waals surface area (Å²) >= 11 is 5.88. The summed E-state index contributed by atoms with van der Waals surface area (Å²) in [5.74, 6) is -0.298. The summed E-state index contributed by atoms with van der Waals surface area (Å²) in [6, 6.07) is 7.01. The summed E-state index contributed by atoms with van der Waals surface area (Å²) < 4.78 is 4.71. The molecule has 1 aromatic rings. The molecule has 24 heavy (non-hydrogen) atoms. The number of hydrogen-bond donors (Lipinski definition) is 1. The number of carbonyl (C=O) groups excluding carboxylic acids is 2. The van der Waals surface area contributed by atoms with E-state index in [4.69, 9.17) is 16.3 Å². The Labute approximate surface area is 148 Å². The number of halogens is 1. The van der Waals surface area contributed by atoms with Gasteiger partial charge in [0.25, 0.3) is 0 Å². The van der Waals surface area contributed by atoms with Crippen LogP contribution in [0.25, 0.3) is 0 Å². The van der Waals surface area contributed by atoms with Crippen LogP contribution < -0.4 is 5.32 Å². The first kappa shape index (κ1) is 18.6. The Bertz CT molecular complexity index is 540. The fourth-order valence-corrected chi connectivity index (χ4v) is 3.19. The average molecular weight is 353 g/mol. The van der Waals surface area contributed by atoms with E-state index in [0.717, 1.165) is 25.7 Å². The first-order valence-electron chi connectivity index (χ1n) is 8.50. The fourth-order valence-electron chi connectivity index (χ4n) is 3.06. The van der Waals surface area contributed by atoms with E-state index >= 15 is 0 Å². The molecular formula is C18H25ClN2O3. The number of ether oxygens (including phenoxy) is 1. The van der Waals surface area contributed by atoms with Crippen LogP contribution in [0.5, 0.6) is 0 Å². The normalized spacial score (nSPS) is 15.4. The van der Waals surface area contributed by atoms with Gasteiger partial charge < -0.3 is 15.0 Å². The monoisotopic (exact) mass is 352 g/mol. The van der Waals surface area contributed by atoms with Crippen molar-refractivity contribution in [3.05, 3.63) is 29.3 Å². The van der Waals surface area contributed by atoms with E-state index in [1.807, 2.05) is 0 Å². The lowest BCUT2D eigenvalue weighted by atomic mass is 10.1. The van der Waals surface area contributed by atoms with E-state index in [-0.39, 0.29) is 24.5 Å². The highest BCUT2D eigenvalue weighted by molar-refractivity contribution is 6.30. The topological polar surface area (TPSA) is 58.6 Å². The summed E-state index contributed by atoms with van der Waals surface area (Å²) in [6.07, 6.45) is 6.83. The first-order valence-corrected chi connectivity index (χ1v) is 8.88. The van der Waals surface area contributed by atoms with Crippen LogP contribution >= 0.6 is 11.6 Å². The summed E-state index contributed by atoms with van der Waals surface area (Å²) in [5, 5.41) is 3.53. The molecule has 1 saturated carbocycles. The molecule has 1 aliphatic carbocycles. The Hall–Kier alpha value is -1.75. The van der Waals surface area contributed by atoms with E-state index < -0.39 is 0 Å². The Morgan fingerprint density at radius 2 is 1.79 bits per heavy atom. The van der Waals surface area contributed by atoms with E-state index in [0.29, 0.717) is 17.3 Å². The molecule has 6 heteroatoms. The molecule has 0 unspecified atom stereocenters. The molecule has 0 bridgehead atoms. The minimum Gasteiger partial charge on any atom is -0.469 e. The van der Waals surface area contributed by atoms with Gasteiger partial charge >= 0.3 is 12.0 Å². The summed E-state index contributed by atoms with van der Waals surface area (Å²) in [7, 11) is 1.37. The van der Waals surface area contributed by atoms with E-state index in [1.54, 1.807) is 29.2 Å². The molecule has 0 saturated heterocycles. The van der Waals surface area contributed by atoms with Crippen molar-refractivity contribution in [2.24, 2.45) is 0 Å². The quantitative estimate of drug-likeness (QED) is 0.628. The molecule has 0 atom stereocenters. The van der Waals surface area contributed by atoms with Crippen molar-refractivity contribution >= 4 is 29.3 Å². The maximum absolute atomic E-state index is 12.7. The second kappa shape index (κ2) is 9.52. The molecule has 2 rings (SSSR count). The fraction of sp³-hybridized carbons (Fsp3) is 0.556. The van der Waals surface area contributed by atoms with Gasteiger partial charge in [-0.25, -0.2) is 4.79 Å². The minimum absolute atomic E-state index is 0.171. The highest BCUT2D eigenvalue weighted by Gasteiger charge is 2.25. The van der Waals surface area contributed by atoms with Crippen molar-refractivity contribution in [1.29, 1.82) is 0 Å². The maximum Gasteiger partial charge on any atom is 0.322 e. The zero-order valence-corrected chi connectivity index (χ0v) is 14.8. The van der Waals surface area contributed by atoms with Crippen molar-refractivity contribution < 1.29 is 14.3 Å². The number of esters is 1. The third-order valence-electron chi connectivity index (χ3n) is 4.41. The largest absolute Gasteiger partial charge is 0.469 e. The van der Waals surface area contributed by atoms with Crippen LogP contribution in [0.1, 0.15) is 44.9 Å². The number of nitrogens with one attached hydrogen (secondary N) is 1. The average Bonchev–Trinajstić information content (AvgIpc) is 2.86. The number of rotatable bonds is 5. The zero-order valence-electron chi connectivity index (χ0n) is 14.1. The van der Waals surface area contributed by atoms with Gasteiger partial charge in [0.05, 0.1) is 13.5 Å². The van der Waals surface area contributed by atoms with Crippen molar-refractivity contribution in [2.75, 3.05) is 19.0 Å². The number of carbonyl (C=O) groups is 2. The van der Waals surface area contributed by atoms with Crippen LogP contribution in [0.3, 0.4) is 0 Å². The number of anilines is 1. The minimum atomic E-state index is -0.298. The molecule has 132 valence electrons. The maximum atomic E-state index is 12.7. The first-order chi connectivity index (χ1) is 11.6. The number of nitrogens with zero attached hydrogens (tertiary/aromatic N) is 1. The van der Waals surface area contributed by atoms with Crippen molar-refractivity contribution in [1.82, 2.24) is 4.90 Å². The third-order valence-corrected chi connectivity index (χ3v) is 4.66. The molecule has 0 aliphatic heterocycles. The second-order valence-electron chi connectivity index (χ2n) is 6.10. The number of hydrogen-bond acceptors (Lipinski definition) is 3. The van der Waals surface area contributed by atoms with Gasteiger partial charge in [-0.3, -0.25) is 4.79 Å². The molecule has 0 heterocycles. The number of methoxy groups -OCH3 is 1. The lowest BCUT2D eigenvalue weighted by molar-refractivity contribution is -0.140. The van der Waals surface area contributed by atoms with E-state index in [9.17, 15) is 9.59 Å². The van der Waals surface area contributed by atoms with Gasteiger partial charge in [-0.2, -0.15) is 0 Å². The number of amides is 2. The molecule has 2 amide bonds. The molecule has 0 aromatic heterocycles. The van der Waals surface area contributed by atoms with Crippen LogP contribution in [-0.4, -0.2) is 36.6 Å². The predicted molar refractivity (Wildman–Crippen MR) is 95.3 cm³/mol. The lowest BCUT2D eigenvalue weighted by Crippen LogP contribution is -2.44. The smallest absolute Gasteiger partial charge is 0.322 e. The highest BCUT2D eigenvalue weighted by atomic mass is 35.5. The molecule has 1 aromatic carbocycles. The Morgan fingerprint density at radius 3 is 2.38 bits per heavy atom.